The van der Waals surface area contributed by atoms with Crippen LogP contribution in [0.1, 0.15) is 41.3 Å². The molecule has 1 fully saturated rings. The van der Waals surface area contributed by atoms with E-state index in [2.05, 4.69) is 45.3 Å². The fourth-order valence-corrected chi connectivity index (χ4v) is 4.11. The highest BCUT2D eigenvalue weighted by Gasteiger charge is 2.20. The summed E-state index contributed by atoms with van der Waals surface area (Å²) in [5, 5.41) is 3.47. The van der Waals surface area contributed by atoms with E-state index in [-0.39, 0.29) is 0 Å². The fraction of sp³-hybridized carbons (Fsp3) is 0.346. The van der Waals surface area contributed by atoms with Gasteiger partial charge in [0.15, 0.2) is 0 Å². The average molecular weight is 446 g/mol. The number of benzene rings is 2. The molecule has 2 heterocycles. The zero-order chi connectivity index (χ0) is 23.2. The first-order valence-electron chi connectivity index (χ1n) is 11.5. The first-order valence-corrected chi connectivity index (χ1v) is 11.5. The van der Waals surface area contributed by atoms with Crippen LogP contribution in [0.3, 0.4) is 0 Å². The van der Waals surface area contributed by atoms with Gasteiger partial charge in [0.1, 0.15) is 5.75 Å². The predicted molar refractivity (Wildman–Crippen MR) is 130 cm³/mol. The first kappa shape index (κ1) is 22.7. The van der Waals surface area contributed by atoms with Crippen LogP contribution in [0, 0.1) is 6.92 Å². The van der Waals surface area contributed by atoms with E-state index in [4.69, 9.17) is 10.5 Å². The van der Waals surface area contributed by atoms with Crippen LogP contribution in [0.5, 0.6) is 5.75 Å². The third-order valence-electron chi connectivity index (χ3n) is 6.03. The Labute approximate surface area is 195 Å². The molecule has 0 saturated carbocycles. The largest absolute Gasteiger partial charge is 0.494 e. The summed E-state index contributed by atoms with van der Waals surface area (Å²) in [6, 6.07) is 14.0. The Kier molecular flexibility index (Phi) is 7.19. The lowest BCUT2D eigenvalue weighted by atomic mass is 10.0. The molecule has 0 aliphatic carbocycles. The van der Waals surface area contributed by atoms with E-state index in [0.29, 0.717) is 24.2 Å². The number of nitrogens with one attached hydrogen (secondary N) is 1. The maximum Gasteiger partial charge on any atom is 0.248 e. The number of amides is 1. The van der Waals surface area contributed by atoms with Crippen LogP contribution in [0.4, 0.5) is 5.95 Å². The Morgan fingerprint density at radius 3 is 2.42 bits per heavy atom. The molecule has 1 saturated heterocycles. The molecule has 1 aliphatic heterocycles. The molecule has 1 aliphatic rings. The highest BCUT2D eigenvalue weighted by molar-refractivity contribution is 5.93. The number of primary amides is 1. The van der Waals surface area contributed by atoms with E-state index in [1.165, 1.54) is 11.1 Å². The van der Waals surface area contributed by atoms with Crippen LogP contribution in [-0.4, -0.2) is 46.5 Å². The molecule has 3 aromatic rings. The normalized spacial score (nSPS) is 14.7. The van der Waals surface area contributed by atoms with E-state index in [1.54, 1.807) is 24.5 Å². The quantitative estimate of drug-likeness (QED) is 0.544. The van der Waals surface area contributed by atoms with Crippen molar-refractivity contribution in [1.29, 1.82) is 0 Å². The van der Waals surface area contributed by atoms with Gasteiger partial charge >= 0.3 is 0 Å². The zero-order valence-electron chi connectivity index (χ0n) is 19.3. The number of carbonyl (C=O) groups is 1. The smallest absolute Gasteiger partial charge is 0.248 e. The number of nitrogens with two attached hydrogens (primary N) is 1. The molecule has 4 rings (SSSR count). The van der Waals surface area contributed by atoms with Crippen LogP contribution in [0.25, 0.3) is 11.1 Å². The van der Waals surface area contributed by atoms with Crippen molar-refractivity contribution in [3.8, 4) is 16.9 Å². The van der Waals surface area contributed by atoms with Gasteiger partial charge in [0.25, 0.3) is 0 Å². The van der Waals surface area contributed by atoms with Gasteiger partial charge in [-0.2, -0.15) is 0 Å². The van der Waals surface area contributed by atoms with Gasteiger partial charge in [0, 0.05) is 49.2 Å². The number of aryl methyl sites for hydroxylation is 1. The number of nitrogens with zero attached hydrogens (tertiary/aromatic N) is 3. The fourth-order valence-electron chi connectivity index (χ4n) is 4.11. The lowest BCUT2D eigenvalue weighted by Crippen LogP contribution is -2.38. The van der Waals surface area contributed by atoms with E-state index >= 15 is 0 Å². The molecule has 2 aromatic carbocycles. The Hall–Kier alpha value is -3.45. The Morgan fingerprint density at radius 2 is 1.79 bits per heavy atom. The van der Waals surface area contributed by atoms with Gasteiger partial charge in [0.05, 0.1) is 6.61 Å². The summed E-state index contributed by atoms with van der Waals surface area (Å²) in [5.74, 6) is 1.19. The summed E-state index contributed by atoms with van der Waals surface area (Å²) >= 11 is 0. The minimum atomic E-state index is -0.433. The molecule has 172 valence electrons. The molecule has 0 spiro atoms. The van der Waals surface area contributed by atoms with Crippen molar-refractivity contribution in [2.75, 3.05) is 25.0 Å². The second kappa shape index (κ2) is 10.4. The van der Waals surface area contributed by atoms with Crippen LogP contribution < -0.4 is 15.8 Å². The van der Waals surface area contributed by atoms with Crippen LogP contribution in [0.2, 0.25) is 0 Å². The number of anilines is 1. The van der Waals surface area contributed by atoms with Crippen molar-refractivity contribution in [2.24, 2.45) is 5.73 Å². The second-order valence-corrected chi connectivity index (χ2v) is 8.46. The molecule has 0 radical (unpaired) electrons. The minimum absolute atomic E-state index is 0.360. The lowest BCUT2D eigenvalue weighted by molar-refractivity contribution is 0.100. The van der Waals surface area contributed by atoms with Gasteiger partial charge in [-0.05, 0) is 61.6 Å². The van der Waals surface area contributed by atoms with Crippen molar-refractivity contribution in [3.63, 3.8) is 0 Å². The van der Waals surface area contributed by atoms with Crippen LogP contribution >= 0.6 is 0 Å². The summed E-state index contributed by atoms with van der Waals surface area (Å²) in [6.07, 6.45) is 5.70. The maximum atomic E-state index is 11.2. The molecule has 0 atom stereocenters. The van der Waals surface area contributed by atoms with Gasteiger partial charge in [-0.1, -0.05) is 24.3 Å². The molecular weight excluding hydrogens is 414 g/mol. The third kappa shape index (κ3) is 5.87. The topological polar surface area (TPSA) is 93.4 Å². The summed E-state index contributed by atoms with van der Waals surface area (Å²) in [7, 11) is 0. The number of hydrogen-bond donors (Lipinski definition) is 2. The zero-order valence-corrected chi connectivity index (χ0v) is 19.3. The number of carbonyl (C=O) groups excluding carboxylic acids is 1. The average Bonchev–Trinajstić information content (AvgIpc) is 2.83. The van der Waals surface area contributed by atoms with Crippen LogP contribution in [0.15, 0.2) is 54.9 Å². The second-order valence-electron chi connectivity index (χ2n) is 8.46. The molecular formula is C26H31N5O2. The summed E-state index contributed by atoms with van der Waals surface area (Å²) in [4.78, 5) is 22.7. The molecule has 33 heavy (non-hydrogen) atoms. The number of likely N-dealkylation sites (tertiary alicyclic amines) is 1. The summed E-state index contributed by atoms with van der Waals surface area (Å²) < 4.78 is 5.74. The Balaban J connectivity index is 1.28. The summed E-state index contributed by atoms with van der Waals surface area (Å²) in [5.41, 5.74) is 10.1. The molecule has 7 heteroatoms. The molecule has 0 bridgehead atoms. The first-order chi connectivity index (χ1) is 16.0. The lowest BCUT2D eigenvalue weighted by Gasteiger charge is -2.32. The van der Waals surface area contributed by atoms with Crippen molar-refractivity contribution >= 4 is 11.9 Å². The van der Waals surface area contributed by atoms with E-state index < -0.39 is 5.91 Å². The SMILES string of the molecule is CCOc1cc(CN2CCC(Nc3ncc(-c4ccc(C(N)=O)cc4)cn3)CC2)ccc1C. The minimum Gasteiger partial charge on any atom is -0.494 e. The standard InChI is InChI=1S/C26H31N5O2/c1-3-33-24-14-19(5-4-18(24)2)17-31-12-10-23(11-13-31)30-26-28-15-22(16-29-26)20-6-8-21(9-7-20)25(27)32/h4-9,14-16,23H,3,10-13,17H2,1-2H3,(H2,27,32)(H,28,29,30). The van der Waals surface area contributed by atoms with Crippen molar-refractivity contribution in [2.45, 2.75) is 39.3 Å². The number of hydrogen-bond acceptors (Lipinski definition) is 6. The Bertz CT molecular complexity index is 1070. The molecule has 7 nitrogen and oxygen atoms in total. The molecule has 3 N–H and O–H groups in total. The van der Waals surface area contributed by atoms with Crippen molar-refractivity contribution in [1.82, 2.24) is 14.9 Å². The monoisotopic (exact) mass is 445 g/mol. The van der Waals surface area contributed by atoms with Gasteiger partial charge < -0.3 is 15.8 Å². The van der Waals surface area contributed by atoms with E-state index in [1.807, 2.05) is 19.1 Å². The Morgan fingerprint density at radius 1 is 1.09 bits per heavy atom. The highest BCUT2D eigenvalue weighted by Crippen LogP contribution is 2.23. The number of ether oxygens (including phenoxy) is 1. The van der Waals surface area contributed by atoms with E-state index in [0.717, 1.165) is 49.4 Å². The number of rotatable bonds is 8. The van der Waals surface area contributed by atoms with E-state index in [9.17, 15) is 4.79 Å². The van der Waals surface area contributed by atoms with Gasteiger partial charge in [0.2, 0.25) is 11.9 Å². The number of piperidine rings is 1. The third-order valence-corrected chi connectivity index (χ3v) is 6.03. The van der Waals surface area contributed by atoms with Gasteiger partial charge in [-0.3, -0.25) is 9.69 Å². The predicted octanol–water partition coefficient (Wildman–Crippen LogP) is 4.03. The molecule has 1 amide bonds. The van der Waals surface area contributed by atoms with Gasteiger partial charge in [-0.25, -0.2) is 9.97 Å². The van der Waals surface area contributed by atoms with Crippen molar-refractivity contribution < 1.29 is 9.53 Å². The van der Waals surface area contributed by atoms with Gasteiger partial charge in [-0.15, -0.1) is 0 Å². The molecule has 1 aromatic heterocycles. The molecule has 0 unspecified atom stereocenters. The van der Waals surface area contributed by atoms with Crippen LogP contribution in [-0.2, 0) is 6.54 Å². The number of aromatic nitrogens is 2. The summed E-state index contributed by atoms with van der Waals surface area (Å²) in [6.45, 7) is 7.78. The van der Waals surface area contributed by atoms with Crippen molar-refractivity contribution in [3.05, 3.63) is 71.5 Å². The highest BCUT2D eigenvalue weighted by atomic mass is 16.5. The maximum absolute atomic E-state index is 11.2.